The maximum absolute atomic E-state index is 13.1. The van der Waals surface area contributed by atoms with Crippen molar-refractivity contribution in [3.8, 4) is 11.4 Å². The first-order valence-corrected chi connectivity index (χ1v) is 11.1. The van der Waals surface area contributed by atoms with Crippen molar-refractivity contribution >= 4 is 34.1 Å². The number of aromatic nitrogens is 4. The number of rotatable bonds is 8. The zero-order valence-electron chi connectivity index (χ0n) is 17.4. The molecule has 0 atom stereocenters. The van der Waals surface area contributed by atoms with E-state index in [9.17, 15) is 4.79 Å². The van der Waals surface area contributed by atoms with Crippen LogP contribution in [0.4, 0.5) is 5.69 Å². The van der Waals surface area contributed by atoms with Crippen LogP contribution >= 0.6 is 11.8 Å². The summed E-state index contributed by atoms with van der Waals surface area (Å²) in [6.07, 6.45) is 0. The SMILES string of the molecule is CCOc1ccccc1-n1nnnc1SCC(=O)N(CC)c1cccc2ccccc12. The quantitative estimate of drug-likeness (QED) is 0.385. The van der Waals surface area contributed by atoms with Gasteiger partial charge in [-0.2, -0.15) is 4.68 Å². The van der Waals surface area contributed by atoms with Crippen molar-refractivity contribution in [2.75, 3.05) is 23.8 Å². The molecule has 1 heterocycles. The molecule has 0 fully saturated rings. The molecule has 0 bridgehead atoms. The number of fused-ring (bicyclic) bond motifs is 1. The number of thioether (sulfide) groups is 1. The fourth-order valence-corrected chi connectivity index (χ4v) is 4.22. The zero-order valence-corrected chi connectivity index (χ0v) is 18.2. The Hall–Kier alpha value is -3.39. The van der Waals surface area contributed by atoms with Crippen LogP contribution in [0.2, 0.25) is 0 Å². The van der Waals surface area contributed by atoms with Gasteiger partial charge in [0.25, 0.3) is 0 Å². The van der Waals surface area contributed by atoms with Crippen LogP contribution in [0.5, 0.6) is 5.75 Å². The van der Waals surface area contributed by atoms with E-state index in [1.54, 1.807) is 9.58 Å². The third-order valence-electron chi connectivity index (χ3n) is 4.83. The smallest absolute Gasteiger partial charge is 0.237 e. The molecule has 0 N–H and O–H groups in total. The molecule has 0 aliphatic carbocycles. The molecule has 31 heavy (non-hydrogen) atoms. The number of ether oxygens (including phenoxy) is 1. The van der Waals surface area contributed by atoms with E-state index in [0.717, 1.165) is 22.1 Å². The highest BCUT2D eigenvalue weighted by molar-refractivity contribution is 7.99. The summed E-state index contributed by atoms with van der Waals surface area (Å²) >= 11 is 1.31. The van der Waals surface area contributed by atoms with Crippen LogP contribution in [-0.2, 0) is 4.79 Å². The Morgan fingerprint density at radius 3 is 2.65 bits per heavy atom. The maximum atomic E-state index is 13.1. The average molecular weight is 434 g/mol. The van der Waals surface area contributed by atoms with E-state index >= 15 is 0 Å². The Kier molecular flexibility index (Phi) is 6.47. The Morgan fingerprint density at radius 1 is 1.03 bits per heavy atom. The number of para-hydroxylation sites is 2. The van der Waals surface area contributed by atoms with Gasteiger partial charge in [-0.25, -0.2) is 0 Å². The van der Waals surface area contributed by atoms with Gasteiger partial charge in [0, 0.05) is 11.9 Å². The van der Waals surface area contributed by atoms with E-state index in [0.29, 0.717) is 24.1 Å². The number of amides is 1. The largest absolute Gasteiger partial charge is 0.492 e. The zero-order chi connectivity index (χ0) is 21.6. The Morgan fingerprint density at radius 2 is 1.81 bits per heavy atom. The highest BCUT2D eigenvalue weighted by atomic mass is 32.2. The average Bonchev–Trinajstić information content (AvgIpc) is 3.27. The number of hydrogen-bond donors (Lipinski definition) is 0. The molecule has 3 aromatic carbocycles. The minimum absolute atomic E-state index is 0.00324. The number of carbonyl (C=O) groups excluding carboxylic acids is 1. The van der Waals surface area contributed by atoms with Crippen molar-refractivity contribution < 1.29 is 9.53 Å². The molecule has 1 amide bonds. The molecule has 0 unspecified atom stereocenters. The number of hydrogen-bond acceptors (Lipinski definition) is 6. The molecule has 4 aromatic rings. The van der Waals surface area contributed by atoms with Crippen molar-refractivity contribution in [2.24, 2.45) is 0 Å². The first kappa shape index (κ1) is 20.9. The molecular weight excluding hydrogens is 410 g/mol. The predicted molar refractivity (Wildman–Crippen MR) is 123 cm³/mol. The van der Waals surface area contributed by atoms with E-state index < -0.39 is 0 Å². The predicted octanol–water partition coefficient (Wildman–Crippen LogP) is 4.36. The van der Waals surface area contributed by atoms with Gasteiger partial charge >= 0.3 is 0 Å². The van der Waals surface area contributed by atoms with Gasteiger partial charge in [-0.15, -0.1) is 5.10 Å². The number of benzene rings is 3. The van der Waals surface area contributed by atoms with E-state index in [4.69, 9.17) is 4.74 Å². The molecule has 1 aromatic heterocycles. The van der Waals surface area contributed by atoms with Crippen LogP contribution in [0.3, 0.4) is 0 Å². The number of tetrazole rings is 1. The molecule has 0 aliphatic rings. The van der Waals surface area contributed by atoms with Crippen molar-refractivity contribution in [3.05, 3.63) is 66.7 Å². The van der Waals surface area contributed by atoms with Crippen LogP contribution in [0.1, 0.15) is 13.8 Å². The molecule has 0 saturated heterocycles. The molecule has 0 saturated carbocycles. The fraction of sp³-hybridized carbons (Fsp3) is 0.217. The van der Waals surface area contributed by atoms with Gasteiger partial charge in [-0.1, -0.05) is 60.3 Å². The topological polar surface area (TPSA) is 73.1 Å². The minimum atomic E-state index is -0.00324. The lowest BCUT2D eigenvalue weighted by molar-refractivity contribution is -0.116. The van der Waals surface area contributed by atoms with Gasteiger partial charge in [0.15, 0.2) is 0 Å². The molecule has 158 valence electrons. The molecular formula is C23H23N5O2S. The molecule has 0 spiro atoms. The Labute approximate surface area is 185 Å². The van der Waals surface area contributed by atoms with Crippen molar-refractivity contribution in [2.45, 2.75) is 19.0 Å². The Bertz CT molecular complexity index is 1190. The third kappa shape index (κ3) is 4.39. The summed E-state index contributed by atoms with van der Waals surface area (Å²) in [6, 6.07) is 21.7. The second-order valence-electron chi connectivity index (χ2n) is 6.70. The number of anilines is 1. The van der Waals surface area contributed by atoms with Gasteiger partial charge in [0.05, 0.1) is 18.0 Å². The van der Waals surface area contributed by atoms with E-state index in [2.05, 4.69) is 27.7 Å². The van der Waals surface area contributed by atoms with Crippen LogP contribution in [0, 0.1) is 0 Å². The molecule has 0 aliphatic heterocycles. The minimum Gasteiger partial charge on any atom is -0.492 e. The standard InChI is InChI=1S/C23H23N5O2S/c1-3-27(19-14-9-11-17-10-5-6-12-18(17)19)22(29)16-31-23-24-25-26-28(23)20-13-7-8-15-21(20)30-4-2/h5-15H,3-4,16H2,1-2H3. The van der Waals surface area contributed by atoms with Crippen LogP contribution < -0.4 is 9.64 Å². The lowest BCUT2D eigenvalue weighted by Gasteiger charge is -2.22. The summed E-state index contributed by atoms with van der Waals surface area (Å²) in [4.78, 5) is 14.9. The highest BCUT2D eigenvalue weighted by Gasteiger charge is 2.19. The second-order valence-corrected chi connectivity index (χ2v) is 7.64. The summed E-state index contributed by atoms with van der Waals surface area (Å²) in [5.74, 6) is 0.904. The molecule has 0 radical (unpaired) electrons. The van der Waals surface area contributed by atoms with Crippen molar-refractivity contribution in [1.82, 2.24) is 20.2 Å². The van der Waals surface area contributed by atoms with Gasteiger partial charge in [-0.3, -0.25) is 4.79 Å². The lowest BCUT2D eigenvalue weighted by atomic mass is 10.1. The van der Waals surface area contributed by atoms with Crippen LogP contribution in [0.25, 0.3) is 16.5 Å². The van der Waals surface area contributed by atoms with Crippen LogP contribution in [-0.4, -0.2) is 45.0 Å². The maximum Gasteiger partial charge on any atom is 0.237 e. The molecule has 7 nitrogen and oxygen atoms in total. The van der Waals surface area contributed by atoms with E-state index in [-0.39, 0.29) is 11.7 Å². The molecule has 8 heteroatoms. The van der Waals surface area contributed by atoms with E-state index in [1.807, 2.05) is 68.4 Å². The van der Waals surface area contributed by atoms with E-state index in [1.165, 1.54) is 11.8 Å². The monoisotopic (exact) mass is 433 g/mol. The van der Waals surface area contributed by atoms with Gasteiger partial charge in [-0.05, 0) is 47.9 Å². The van der Waals surface area contributed by atoms with Gasteiger partial charge in [0.2, 0.25) is 11.1 Å². The summed E-state index contributed by atoms with van der Waals surface area (Å²) in [7, 11) is 0. The summed E-state index contributed by atoms with van der Waals surface area (Å²) < 4.78 is 7.30. The first-order valence-electron chi connectivity index (χ1n) is 10.1. The van der Waals surface area contributed by atoms with Gasteiger partial charge < -0.3 is 9.64 Å². The highest BCUT2D eigenvalue weighted by Crippen LogP contribution is 2.29. The Balaban J connectivity index is 1.55. The van der Waals surface area contributed by atoms with Crippen molar-refractivity contribution in [3.63, 3.8) is 0 Å². The fourth-order valence-electron chi connectivity index (χ4n) is 3.46. The normalized spacial score (nSPS) is 10.9. The van der Waals surface area contributed by atoms with Crippen molar-refractivity contribution in [1.29, 1.82) is 0 Å². The number of carbonyl (C=O) groups is 1. The van der Waals surface area contributed by atoms with Gasteiger partial charge in [0.1, 0.15) is 11.4 Å². The third-order valence-corrected chi connectivity index (χ3v) is 5.74. The first-order chi connectivity index (χ1) is 15.2. The summed E-state index contributed by atoms with van der Waals surface area (Å²) in [6.45, 7) is 5.02. The lowest BCUT2D eigenvalue weighted by Crippen LogP contribution is -2.32. The second kappa shape index (κ2) is 9.61. The summed E-state index contributed by atoms with van der Waals surface area (Å²) in [5, 5.41) is 14.7. The summed E-state index contributed by atoms with van der Waals surface area (Å²) in [5.41, 5.74) is 1.65. The molecule has 4 rings (SSSR count). The number of nitrogens with zero attached hydrogens (tertiary/aromatic N) is 5. The van der Waals surface area contributed by atoms with Crippen LogP contribution in [0.15, 0.2) is 71.9 Å².